The minimum absolute atomic E-state index is 0.0894. The molecule has 156 valence electrons. The van der Waals surface area contributed by atoms with Gasteiger partial charge >= 0.3 is 0 Å². The van der Waals surface area contributed by atoms with Gasteiger partial charge in [-0.3, -0.25) is 9.59 Å². The molecule has 6 nitrogen and oxygen atoms in total. The van der Waals surface area contributed by atoms with E-state index in [-0.39, 0.29) is 11.8 Å². The predicted molar refractivity (Wildman–Crippen MR) is 110 cm³/mol. The molecule has 0 atom stereocenters. The lowest BCUT2D eigenvalue weighted by Gasteiger charge is -2.36. The molecule has 0 saturated heterocycles. The fraction of sp³-hybridized carbons (Fsp3) is 0.636. The van der Waals surface area contributed by atoms with Crippen LogP contribution in [0.4, 0.5) is 0 Å². The molecule has 0 aliphatic heterocycles. The lowest BCUT2D eigenvalue weighted by atomic mass is 9.80. The monoisotopic (exact) mass is 390 g/mol. The van der Waals surface area contributed by atoms with Crippen molar-refractivity contribution in [3.8, 4) is 11.5 Å². The van der Waals surface area contributed by atoms with Gasteiger partial charge in [-0.1, -0.05) is 33.1 Å². The van der Waals surface area contributed by atoms with Crippen molar-refractivity contribution in [1.82, 2.24) is 10.6 Å². The largest absolute Gasteiger partial charge is 0.490 e. The Bertz CT molecular complexity index is 654. The van der Waals surface area contributed by atoms with Gasteiger partial charge in [0.25, 0.3) is 5.91 Å². The fourth-order valence-corrected chi connectivity index (χ4v) is 3.49. The Balaban J connectivity index is 2.21. The maximum Gasteiger partial charge on any atom is 0.252 e. The molecule has 2 amide bonds. The van der Waals surface area contributed by atoms with Crippen LogP contribution in [0.1, 0.15) is 76.1 Å². The van der Waals surface area contributed by atoms with Crippen LogP contribution in [0.15, 0.2) is 18.2 Å². The molecule has 1 aliphatic rings. The van der Waals surface area contributed by atoms with Crippen LogP contribution in [0.2, 0.25) is 0 Å². The highest BCUT2D eigenvalue weighted by atomic mass is 16.5. The highest BCUT2D eigenvalue weighted by molar-refractivity contribution is 5.99. The van der Waals surface area contributed by atoms with Crippen LogP contribution in [-0.4, -0.2) is 37.1 Å². The second-order valence-corrected chi connectivity index (χ2v) is 7.31. The van der Waals surface area contributed by atoms with Gasteiger partial charge < -0.3 is 20.1 Å². The van der Waals surface area contributed by atoms with Gasteiger partial charge in [-0.15, -0.1) is 0 Å². The third-order valence-corrected chi connectivity index (χ3v) is 4.96. The van der Waals surface area contributed by atoms with Gasteiger partial charge in [-0.25, -0.2) is 0 Å². The number of carbonyl (C=O) groups excluding carboxylic acids is 2. The molecule has 0 radical (unpaired) electrons. The van der Waals surface area contributed by atoms with Gasteiger partial charge in [0.2, 0.25) is 5.91 Å². The number of nitrogens with one attached hydrogen (secondary N) is 2. The number of hydrogen-bond donors (Lipinski definition) is 2. The van der Waals surface area contributed by atoms with Crippen LogP contribution in [0.25, 0.3) is 0 Å². The van der Waals surface area contributed by atoms with E-state index in [1.165, 1.54) is 0 Å². The summed E-state index contributed by atoms with van der Waals surface area (Å²) in [6.07, 6.45) is 6.06. The van der Waals surface area contributed by atoms with Crippen LogP contribution in [-0.2, 0) is 4.79 Å². The smallest absolute Gasteiger partial charge is 0.252 e. The quantitative estimate of drug-likeness (QED) is 0.636. The molecule has 6 heteroatoms. The third-order valence-electron chi connectivity index (χ3n) is 4.96. The summed E-state index contributed by atoms with van der Waals surface area (Å²) in [4.78, 5) is 25.7. The van der Waals surface area contributed by atoms with E-state index in [9.17, 15) is 9.59 Å². The van der Waals surface area contributed by atoms with Crippen LogP contribution >= 0.6 is 0 Å². The normalized spacial score (nSPS) is 15.5. The molecule has 2 rings (SSSR count). The SMILES string of the molecule is CCCOc1ccc(C(=O)NC2(C(=O)NCC)CCCCC2)cc1OCCC. The molecule has 1 aliphatic carbocycles. The van der Waals surface area contributed by atoms with Gasteiger partial charge in [-0.2, -0.15) is 0 Å². The number of hydrogen-bond acceptors (Lipinski definition) is 4. The average molecular weight is 391 g/mol. The molecular weight excluding hydrogens is 356 g/mol. The zero-order valence-electron chi connectivity index (χ0n) is 17.4. The molecule has 0 aromatic heterocycles. The van der Waals surface area contributed by atoms with Crippen molar-refractivity contribution < 1.29 is 19.1 Å². The summed E-state index contributed by atoms with van der Waals surface area (Å²) >= 11 is 0. The molecule has 0 spiro atoms. The Morgan fingerprint density at radius 2 is 1.61 bits per heavy atom. The first kappa shape index (κ1) is 22.1. The van der Waals surface area contributed by atoms with Crippen molar-refractivity contribution >= 4 is 11.8 Å². The van der Waals surface area contributed by atoms with Crippen molar-refractivity contribution in [3.05, 3.63) is 23.8 Å². The van der Waals surface area contributed by atoms with Crippen LogP contribution in [0.3, 0.4) is 0 Å². The minimum atomic E-state index is -0.826. The predicted octanol–water partition coefficient (Wildman–Crippen LogP) is 3.83. The van der Waals surface area contributed by atoms with Crippen molar-refractivity contribution in [2.75, 3.05) is 19.8 Å². The standard InChI is InChI=1S/C22H34N2O4/c1-4-14-27-18-11-10-17(16-19(18)28-15-5-2)20(25)24-22(21(26)23-6-3)12-8-7-9-13-22/h10-11,16H,4-9,12-15H2,1-3H3,(H,23,26)(H,24,25). The summed E-state index contributed by atoms with van der Waals surface area (Å²) in [5.41, 5.74) is -0.350. The maximum atomic E-state index is 13.0. The molecule has 2 N–H and O–H groups in total. The number of amides is 2. The molecule has 1 fully saturated rings. The maximum absolute atomic E-state index is 13.0. The van der Waals surface area contributed by atoms with Gasteiger partial charge in [0.05, 0.1) is 13.2 Å². The molecule has 0 heterocycles. The number of carbonyl (C=O) groups is 2. The van der Waals surface area contributed by atoms with E-state index in [1.54, 1.807) is 18.2 Å². The Kier molecular flexibility index (Phi) is 8.61. The first-order chi connectivity index (χ1) is 13.6. The van der Waals surface area contributed by atoms with Crippen molar-refractivity contribution in [2.45, 2.75) is 71.3 Å². The number of ether oxygens (including phenoxy) is 2. The molecule has 1 saturated carbocycles. The number of likely N-dealkylation sites (N-methyl/N-ethyl adjacent to an activating group) is 1. The fourth-order valence-electron chi connectivity index (χ4n) is 3.49. The number of benzene rings is 1. The summed E-state index contributed by atoms with van der Waals surface area (Å²) in [6, 6.07) is 5.22. The summed E-state index contributed by atoms with van der Waals surface area (Å²) in [6.45, 7) is 7.66. The molecular formula is C22H34N2O4. The van der Waals surface area contributed by atoms with Gasteiger partial charge in [0.1, 0.15) is 5.54 Å². The van der Waals surface area contributed by atoms with Gasteiger partial charge in [-0.05, 0) is 50.8 Å². The van der Waals surface area contributed by atoms with E-state index in [0.717, 1.165) is 32.1 Å². The van der Waals surface area contributed by atoms with Crippen LogP contribution in [0.5, 0.6) is 11.5 Å². The van der Waals surface area contributed by atoms with E-state index in [2.05, 4.69) is 10.6 Å². The van der Waals surface area contributed by atoms with E-state index in [1.807, 2.05) is 20.8 Å². The lowest BCUT2D eigenvalue weighted by Crippen LogP contribution is -2.59. The lowest BCUT2D eigenvalue weighted by molar-refractivity contribution is -0.128. The van der Waals surface area contributed by atoms with Crippen molar-refractivity contribution in [2.24, 2.45) is 0 Å². The zero-order valence-corrected chi connectivity index (χ0v) is 17.4. The summed E-state index contributed by atoms with van der Waals surface area (Å²) < 4.78 is 11.5. The second kappa shape index (κ2) is 10.9. The van der Waals surface area contributed by atoms with Crippen LogP contribution < -0.4 is 20.1 Å². The highest BCUT2D eigenvalue weighted by Crippen LogP contribution is 2.31. The van der Waals surface area contributed by atoms with E-state index < -0.39 is 5.54 Å². The van der Waals surface area contributed by atoms with Crippen molar-refractivity contribution in [1.29, 1.82) is 0 Å². The Morgan fingerprint density at radius 1 is 0.964 bits per heavy atom. The summed E-state index contributed by atoms with van der Waals surface area (Å²) in [5, 5.41) is 5.92. The summed E-state index contributed by atoms with van der Waals surface area (Å²) in [5.74, 6) is 0.867. The van der Waals surface area contributed by atoms with E-state index in [0.29, 0.717) is 49.7 Å². The Labute approximate surface area is 168 Å². The summed E-state index contributed by atoms with van der Waals surface area (Å²) in [7, 11) is 0. The average Bonchev–Trinajstić information content (AvgIpc) is 2.71. The second-order valence-electron chi connectivity index (χ2n) is 7.31. The van der Waals surface area contributed by atoms with Crippen molar-refractivity contribution in [3.63, 3.8) is 0 Å². The topological polar surface area (TPSA) is 76.7 Å². The molecule has 0 bridgehead atoms. The first-order valence-electron chi connectivity index (χ1n) is 10.6. The van der Waals surface area contributed by atoms with E-state index >= 15 is 0 Å². The molecule has 28 heavy (non-hydrogen) atoms. The van der Waals surface area contributed by atoms with Gasteiger partial charge in [0, 0.05) is 12.1 Å². The minimum Gasteiger partial charge on any atom is -0.490 e. The molecule has 0 unspecified atom stereocenters. The van der Waals surface area contributed by atoms with E-state index in [4.69, 9.17) is 9.47 Å². The first-order valence-corrected chi connectivity index (χ1v) is 10.6. The molecule has 1 aromatic carbocycles. The number of rotatable bonds is 10. The van der Waals surface area contributed by atoms with Gasteiger partial charge in [0.15, 0.2) is 11.5 Å². The van der Waals surface area contributed by atoms with Crippen LogP contribution in [0, 0.1) is 0 Å². The highest BCUT2D eigenvalue weighted by Gasteiger charge is 2.40. The third kappa shape index (κ3) is 5.63. The Hall–Kier alpha value is -2.24. The molecule has 1 aromatic rings. The Morgan fingerprint density at radius 3 is 2.21 bits per heavy atom. The zero-order chi connectivity index (χ0) is 20.4.